The quantitative estimate of drug-likeness (QED) is 0.197. The summed E-state index contributed by atoms with van der Waals surface area (Å²) in [7, 11) is 3.06. The Balaban J connectivity index is 3.56. The molecule has 163 valence electrons. The van der Waals surface area contributed by atoms with E-state index in [4.69, 9.17) is 0 Å². The van der Waals surface area contributed by atoms with Crippen LogP contribution in [0.5, 0.6) is 0 Å². The summed E-state index contributed by atoms with van der Waals surface area (Å²) < 4.78 is 0. The van der Waals surface area contributed by atoms with Crippen LogP contribution in [0, 0.1) is 5.41 Å². The first-order valence-electron chi connectivity index (χ1n) is 11.1. The predicted molar refractivity (Wildman–Crippen MR) is 119 cm³/mol. The van der Waals surface area contributed by atoms with Crippen LogP contribution in [0.15, 0.2) is 12.2 Å². The van der Waals surface area contributed by atoms with Crippen molar-refractivity contribution < 1.29 is 15.0 Å². The minimum Gasteiger partial charge on any atom is -0.395 e. The number of carbonyl (C=O) groups is 1. The largest absolute Gasteiger partial charge is 0.395 e. The second kappa shape index (κ2) is 16.2. The zero-order valence-corrected chi connectivity index (χ0v) is 19.7. The van der Waals surface area contributed by atoms with Crippen molar-refractivity contribution in [2.75, 3.05) is 0 Å². The van der Waals surface area contributed by atoms with E-state index in [1.54, 1.807) is 6.08 Å². The number of hydrogen-bond acceptors (Lipinski definition) is 3. The summed E-state index contributed by atoms with van der Waals surface area (Å²) in [5, 5.41) is 22.2. The molecule has 3 atom stereocenters. The molecule has 0 aliphatic heterocycles. The number of nitrogens with one attached hydrogen (secondary N) is 1. The van der Waals surface area contributed by atoms with Gasteiger partial charge in [0.05, 0.1) is 28.1 Å². The monoisotopic (exact) mass is 410 g/mol. The van der Waals surface area contributed by atoms with Gasteiger partial charge in [0.2, 0.25) is 5.91 Å². The molecule has 0 saturated heterocycles. The van der Waals surface area contributed by atoms with Gasteiger partial charge < -0.3 is 15.5 Å². The lowest BCUT2D eigenvalue weighted by Crippen LogP contribution is -2.49. The van der Waals surface area contributed by atoms with Crippen molar-refractivity contribution in [3.8, 4) is 0 Å². The van der Waals surface area contributed by atoms with E-state index >= 15 is 0 Å². The van der Waals surface area contributed by atoms with Gasteiger partial charge in [-0.3, -0.25) is 4.79 Å². The van der Waals surface area contributed by atoms with Crippen LogP contribution in [-0.4, -0.2) is 44.2 Å². The van der Waals surface area contributed by atoms with Crippen LogP contribution in [0.2, 0.25) is 0 Å². The summed E-state index contributed by atoms with van der Waals surface area (Å²) in [6.45, 7) is 8.33. The fourth-order valence-corrected chi connectivity index (χ4v) is 3.55. The van der Waals surface area contributed by atoms with Gasteiger partial charge in [0.1, 0.15) is 0 Å². The smallest absolute Gasteiger partial charge is 0.217 e. The molecule has 4 nitrogen and oxygen atoms in total. The van der Waals surface area contributed by atoms with Gasteiger partial charge in [-0.1, -0.05) is 90.7 Å². The summed E-state index contributed by atoms with van der Waals surface area (Å²) in [5.41, 5.74) is -0.503. The van der Waals surface area contributed by atoms with Gasteiger partial charge in [0, 0.05) is 6.92 Å². The zero-order chi connectivity index (χ0) is 21.4. The minimum atomic E-state index is -0.984. The Morgan fingerprint density at radius 3 is 1.82 bits per heavy atom. The SMILES string of the molecule is CC(=O)N[C@@H](C(O)[Si])[C@H](O)/C=C/CCCCCCCCCCCCC(C)(C)C. The van der Waals surface area contributed by atoms with Gasteiger partial charge in [0.15, 0.2) is 0 Å². The average molecular weight is 411 g/mol. The van der Waals surface area contributed by atoms with Gasteiger partial charge in [0.25, 0.3) is 0 Å². The lowest BCUT2D eigenvalue weighted by molar-refractivity contribution is -0.120. The molecule has 0 aliphatic rings. The van der Waals surface area contributed by atoms with Crippen molar-refractivity contribution in [2.24, 2.45) is 5.41 Å². The molecule has 0 saturated carbocycles. The molecule has 0 rings (SSSR count). The number of allylic oxidation sites excluding steroid dienone is 1. The number of carbonyl (C=O) groups excluding carboxylic acids is 1. The van der Waals surface area contributed by atoms with E-state index in [9.17, 15) is 15.0 Å². The fourth-order valence-electron chi connectivity index (χ4n) is 3.27. The van der Waals surface area contributed by atoms with Gasteiger partial charge in [-0.2, -0.15) is 0 Å². The summed E-state index contributed by atoms with van der Waals surface area (Å²) in [5.74, 6) is -0.278. The van der Waals surface area contributed by atoms with Crippen LogP contribution >= 0.6 is 0 Å². The number of amides is 1. The van der Waals surface area contributed by atoms with Crippen LogP contribution in [0.3, 0.4) is 0 Å². The van der Waals surface area contributed by atoms with E-state index in [0.29, 0.717) is 5.41 Å². The van der Waals surface area contributed by atoms with Crippen LogP contribution < -0.4 is 5.32 Å². The maximum Gasteiger partial charge on any atom is 0.217 e. The summed E-state index contributed by atoms with van der Waals surface area (Å²) in [4.78, 5) is 11.1. The highest BCUT2D eigenvalue weighted by molar-refractivity contribution is 6.11. The van der Waals surface area contributed by atoms with E-state index in [0.717, 1.165) is 12.8 Å². The highest BCUT2D eigenvalue weighted by atomic mass is 28.1. The van der Waals surface area contributed by atoms with E-state index < -0.39 is 17.9 Å². The van der Waals surface area contributed by atoms with Crippen LogP contribution in [0.4, 0.5) is 0 Å². The Morgan fingerprint density at radius 1 is 0.929 bits per heavy atom. The Kier molecular flexibility index (Phi) is 15.8. The third-order valence-electron chi connectivity index (χ3n) is 4.96. The lowest BCUT2D eigenvalue weighted by atomic mass is 9.89. The maximum atomic E-state index is 11.1. The molecule has 0 heterocycles. The number of hydrogen-bond donors (Lipinski definition) is 3. The molecular weight excluding hydrogens is 366 g/mol. The predicted octanol–water partition coefficient (Wildman–Crippen LogP) is 4.62. The Bertz CT molecular complexity index is 419. The highest BCUT2D eigenvalue weighted by Crippen LogP contribution is 2.22. The first-order chi connectivity index (χ1) is 13.1. The van der Waals surface area contributed by atoms with Gasteiger partial charge in [-0.15, -0.1) is 0 Å². The molecule has 0 spiro atoms. The van der Waals surface area contributed by atoms with Gasteiger partial charge in [-0.25, -0.2) is 0 Å². The van der Waals surface area contributed by atoms with Crippen molar-refractivity contribution in [1.82, 2.24) is 5.32 Å². The third kappa shape index (κ3) is 17.4. The van der Waals surface area contributed by atoms with Crippen molar-refractivity contribution in [3.63, 3.8) is 0 Å². The third-order valence-corrected chi connectivity index (χ3v) is 5.32. The molecule has 0 fully saturated rings. The topological polar surface area (TPSA) is 69.6 Å². The molecule has 0 aromatic carbocycles. The van der Waals surface area contributed by atoms with Crippen molar-refractivity contribution in [2.45, 2.75) is 123 Å². The minimum absolute atomic E-state index is 0.278. The summed E-state index contributed by atoms with van der Waals surface area (Å²) in [6.07, 6.45) is 18.0. The molecule has 28 heavy (non-hydrogen) atoms. The Hall–Kier alpha value is -0.653. The number of rotatable bonds is 16. The number of unbranched alkanes of at least 4 members (excludes halogenated alkanes) is 10. The molecule has 1 unspecified atom stereocenters. The van der Waals surface area contributed by atoms with E-state index in [1.807, 2.05) is 6.08 Å². The Morgan fingerprint density at radius 2 is 1.39 bits per heavy atom. The van der Waals surface area contributed by atoms with E-state index in [-0.39, 0.29) is 5.91 Å². The fraction of sp³-hybridized carbons (Fsp3) is 0.870. The van der Waals surface area contributed by atoms with Crippen LogP contribution in [-0.2, 0) is 4.79 Å². The maximum absolute atomic E-state index is 11.1. The van der Waals surface area contributed by atoms with Crippen molar-refractivity contribution in [3.05, 3.63) is 12.2 Å². The molecule has 3 N–H and O–H groups in total. The van der Waals surface area contributed by atoms with E-state index in [1.165, 1.54) is 71.1 Å². The van der Waals surface area contributed by atoms with Crippen LogP contribution in [0.1, 0.15) is 105 Å². The molecule has 0 aromatic rings. The standard InChI is InChI=1S/C23H44NO3Si/c1-19(25)24-21(22(27)28)20(26)17-15-13-11-9-7-5-6-8-10-12-14-16-18-23(2,3)4/h15,17,20-22,26-27H,5-14,16,18H2,1-4H3,(H,24,25)/b17-15+/t20-,21-,22?/m1/s1. The van der Waals surface area contributed by atoms with Crippen LogP contribution in [0.25, 0.3) is 0 Å². The highest BCUT2D eigenvalue weighted by Gasteiger charge is 2.22. The van der Waals surface area contributed by atoms with E-state index in [2.05, 4.69) is 36.3 Å². The first kappa shape index (κ1) is 27.3. The zero-order valence-electron chi connectivity index (χ0n) is 18.7. The van der Waals surface area contributed by atoms with Crippen molar-refractivity contribution in [1.29, 1.82) is 0 Å². The summed E-state index contributed by atoms with van der Waals surface area (Å²) >= 11 is 0. The van der Waals surface area contributed by atoms with Gasteiger partial charge >= 0.3 is 0 Å². The molecule has 0 aliphatic carbocycles. The number of aliphatic hydroxyl groups is 2. The van der Waals surface area contributed by atoms with Crippen molar-refractivity contribution >= 4 is 16.1 Å². The second-order valence-electron chi connectivity index (χ2n) is 9.22. The molecule has 3 radical (unpaired) electrons. The molecule has 0 bridgehead atoms. The molecule has 1 amide bonds. The first-order valence-corrected chi connectivity index (χ1v) is 11.7. The van der Waals surface area contributed by atoms with Gasteiger partial charge in [-0.05, 0) is 24.7 Å². The summed E-state index contributed by atoms with van der Waals surface area (Å²) in [6, 6.07) is -0.737. The number of aliphatic hydroxyl groups excluding tert-OH is 2. The lowest BCUT2D eigenvalue weighted by Gasteiger charge is -2.24. The Labute approximate surface area is 177 Å². The second-order valence-corrected chi connectivity index (χ2v) is 9.82. The molecule has 5 heteroatoms. The average Bonchev–Trinajstić information content (AvgIpc) is 2.58. The molecule has 0 aromatic heterocycles. The molecular formula is C23H44NO3Si. The normalized spacial score (nSPS) is 15.5.